The average Bonchev–Trinajstić information content (AvgIpc) is 2.37. The van der Waals surface area contributed by atoms with Crippen molar-refractivity contribution >= 4 is 41.3 Å². The first-order valence-corrected chi connectivity index (χ1v) is 6.29. The molecular weight excluding hydrogens is 307 g/mol. The highest BCUT2D eigenvalue weighted by molar-refractivity contribution is 6.38. The number of carbonyl (C=O) groups is 2. The van der Waals surface area contributed by atoms with Gasteiger partial charge in [0.05, 0.1) is 16.3 Å². The van der Waals surface area contributed by atoms with Crippen LogP contribution in [0.5, 0.6) is 0 Å². The second kappa shape index (κ2) is 7.72. The number of hydrogen-bond donors (Lipinski definition) is 2. The molecule has 0 aliphatic heterocycles. The zero-order valence-electron chi connectivity index (χ0n) is 10.5. The SMILES string of the molecule is CC(NC(=O)CON=Cc1c(Cl)cccc1Cl)C(=O)O. The van der Waals surface area contributed by atoms with Crippen molar-refractivity contribution < 1.29 is 19.5 Å². The third-order valence-electron chi connectivity index (χ3n) is 2.20. The Bertz CT molecular complexity index is 514. The lowest BCUT2D eigenvalue weighted by Crippen LogP contribution is -2.40. The minimum atomic E-state index is -1.13. The number of hydrogen-bond acceptors (Lipinski definition) is 4. The van der Waals surface area contributed by atoms with Crippen LogP contribution in [-0.4, -0.2) is 35.8 Å². The Morgan fingerprint density at radius 2 is 2.05 bits per heavy atom. The van der Waals surface area contributed by atoms with Gasteiger partial charge in [0.1, 0.15) is 6.04 Å². The van der Waals surface area contributed by atoms with E-state index < -0.39 is 24.5 Å². The zero-order valence-corrected chi connectivity index (χ0v) is 12.0. The highest BCUT2D eigenvalue weighted by atomic mass is 35.5. The van der Waals surface area contributed by atoms with Gasteiger partial charge in [-0.15, -0.1) is 0 Å². The van der Waals surface area contributed by atoms with Gasteiger partial charge in [-0.25, -0.2) is 0 Å². The first-order chi connectivity index (χ1) is 9.41. The molecule has 0 heterocycles. The summed E-state index contributed by atoms with van der Waals surface area (Å²) in [5.41, 5.74) is 0.468. The fraction of sp³-hybridized carbons (Fsp3) is 0.250. The summed E-state index contributed by atoms with van der Waals surface area (Å²) in [5, 5.41) is 15.2. The van der Waals surface area contributed by atoms with Gasteiger partial charge in [-0.2, -0.15) is 0 Å². The Morgan fingerprint density at radius 3 is 2.60 bits per heavy atom. The molecule has 0 aliphatic carbocycles. The van der Waals surface area contributed by atoms with Crippen LogP contribution in [0.4, 0.5) is 0 Å². The molecule has 1 aromatic rings. The minimum Gasteiger partial charge on any atom is -0.480 e. The van der Waals surface area contributed by atoms with E-state index >= 15 is 0 Å². The van der Waals surface area contributed by atoms with E-state index in [0.29, 0.717) is 15.6 Å². The van der Waals surface area contributed by atoms with E-state index in [-0.39, 0.29) is 0 Å². The van der Waals surface area contributed by atoms with Crippen molar-refractivity contribution in [3.8, 4) is 0 Å². The van der Waals surface area contributed by atoms with Crippen molar-refractivity contribution in [1.82, 2.24) is 5.32 Å². The molecule has 1 rings (SSSR count). The quantitative estimate of drug-likeness (QED) is 0.619. The number of amides is 1. The molecule has 0 spiro atoms. The monoisotopic (exact) mass is 318 g/mol. The van der Waals surface area contributed by atoms with Crippen LogP contribution < -0.4 is 5.32 Å². The molecule has 108 valence electrons. The molecule has 0 saturated carbocycles. The molecule has 6 nitrogen and oxygen atoms in total. The molecule has 0 aromatic heterocycles. The fourth-order valence-corrected chi connectivity index (χ4v) is 1.66. The Morgan fingerprint density at radius 1 is 1.45 bits per heavy atom. The lowest BCUT2D eigenvalue weighted by molar-refractivity contribution is -0.142. The lowest BCUT2D eigenvalue weighted by Gasteiger charge is -2.07. The van der Waals surface area contributed by atoms with Crippen LogP contribution in [0.25, 0.3) is 0 Å². The van der Waals surface area contributed by atoms with E-state index in [1.165, 1.54) is 13.1 Å². The average molecular weight is 319 g/mol. The molecular formula is C12H12Cl2N2O4. The first-order valence-electron chi connectivity index (χ1n) is 5.53. The van der Waals surface area contributed by atoms with Crippen molar-refractivity contribution in [1.29, 1.82) is 0 Å². The highest BCUT2D eigenvalue weighted by Gasteiger charge is 2.13. The predicted octanol–water partition coefficient (Wildman–Crippen LogP) is 1.93. The van der Waals surface area contributed by atoms with Crippen LogP contribution in [0, 0.1) is 0 Å². The first kappa shape index (κ1) is 16.3. The number of carboxylic acids is 1. The topological polar surface area (TPSA) is 88.0 Å². The number of oxime groups is 1. The van der Waals surface area contributed by atoms with E-state index in [2.05, 4.69) is 10.5 Å². The molecule has 0 fully saturated rings. The van der Waals surface area contributed by atoms with Gasteiger partial charge in [0.2, 0.25) is 0 Å². The molecule has 0 saturated heterocycles. The summed E-state index contributed by atoms with van der Waals surface area (Å²) in [6.07, 6.45) is 1.28. The highest BCUT2D eigenvalue weighted by Crippen LogP contribution is 2.22. The molecule has 8 heteroatoms. The predicted molar refractivity (Wildman–Crippen MR) is 75.2 cm³/mol. The molecule has 20 heavy (non-hydrogen) atoms. The summed E-state index contributed by atoms with van der Waals surface area (Å²) in [7, 11) is 0. The maximum Gasteiger partial charge on any atom is 0.325 e. The summed E-state index contributed by atoms with van der Waals surface area (Å²) in [6.45, 7) is 0.934. The number of nitrogens with zero attached hydrogens (tertiary/aromatic N) is 1. The van der Waals surface area contributed by atoms with Gasteiger partial charge in [0, 0.05) is 5.56 Å². The molecule has 0 radical (unpaired) electrons. The van der Waals surface area contributed by atoms with Crippen molar-refractivity contribution in [2.24, 2.45) is 5.16 Å². The molecule has 0 bridgehead atoms. The minimum absolute atomic E-state index is 0.397. The Hall–Kier alpha value is -1.79. The number of rotatable bonds is 6. The molecule has 1 atom stereocenters. The summed E-state index contributed by atoms with van der Waals surface area (Å²) in [4.78, 5) is 26.5. The van der Waals surface area contributed by atoms with Gasteiger partial charge >= 0.3 is 5.97 Å². The van der Waals surface area contributed by atoms with Crippen molar-refractivity contribution in [3.05, 3.63) is 33.8 Å². The van der Waals surface area contributed by atoms with Crippen LogP contribution in [0.3, 0.4) is 0 Å². The van der Waals surface area contributed by atoms with E-state index in [9.17, 15) is 9.59 Å². The second-order valence-corrected chi connectivity index (χ2v) is 4.59. The van der Waals surface area contributed by atoms with Gasteiger partial charge in [0.15, 0.2) is 6.61 Å². The van der Waals surface area contributed by atoms with Crippen LogP contribution in [0.15, 0.2) is 23.4 Å². The van der Waals surface area contributed by atoms with Crippen molar-refractivity contribution in [3.63, 3.8) is 0 Å². The third-order valence-corrected chi connectivity index (χ3v) is 2.86. The maximum absolute atomic E-state index is 11.3. The van der Waals surface area contributed by atoms with Gasteiger partial charge in [-0.1, -0.05) is 34.4 Å². The Labute approximate surface area is 125 Å². The summed E-state index contributed by atoms with van der Waals surface area (Å²) in [6, 6.07) is 3.96. The molecule has 1 amide bonds. The van der Waals surface area contributed by atoms with E-state index in [1.54, 1.807) is 18.2 Å². The molecule has 2 N–H and O–H groups in total. The van der Waals surface area contributed by atoms with Crippen LogP contribution in [-0.2, 0) is 14.4 Å². The largest absolute Gasteiger partial charge is 0.480 e. The zero-order chi connectivity index (χ0) is 15.1. The van der Waals surface area contributed by atoms with Gasteiger partial charge in [-0.3, -0.25) is 9.59 Å². The molecule has 1 aromatic carbocycles. The van der Waals surface area contributed by atoms with E-state index in [4.69, 9.17) is 33.1 Å². The summed E-state index contributed by atoms with van der Waals surface area (Å²) in [5.74, 6) is -1.73. The second-order valence-electron chi connectivity index (χ2n) is 3.77. The Kier molecular flexibility index (Phi) is 6.27. The van der Waals surface area contributed by atoms with Crippen LogP contribution in [0.1, 0.15) is 12.5 Å². The van der Waals surface area contributed by atoms with Gasteiger partial charge in [-0.05, 0) is 19.1 Å². The smallest absolute Gasteiger partial charge is 0.325 e. The van der Waals surface area contributed by atoms with Crippen molar-refractivity contribution in [2.45, 2.75) is 13.0 Å². The standard InChI is InChI=1S/C12H12Cl2N2O4/c1-7(12(18)19)16-11(17)6-20-15-5-8-9(13)3-2-4-10(8)14/h2-5,7H,6H2,1H3,(H,16,17)(H,18,19). The van der Waals surface area contributed by atoms with E-state index in [0.717, 1.165) is 0 Å². The molecule has 0 aliphatic rings. The normalized spacial score (nSPS) is 12.2. The summed E-state index contributed by atoms with van der Waals surface area (Å²) >= 11 is 11.8. The lowest BCUT2D eigenvalue weighted by atomic mass is 10.2. The number of carboxylic acid groups (broad SMARTS) is 1. The van der Waals surface area contributed by atoms with Crippen LogP contribution in [0.2, 0.25) is 10.0 Å². The fourth-order valence-electron chi connectivity index (χ4n) is 1.16. The van der Waals surface area contributed by atoms with Crippen molar-refractivity contribution in [2.75, 3.05) is 6.61 Å². The number of carbonyl (C=O) groups excluding carboxylic acids is 1. The number of benzene rings is 1. The summed E-state index contributed by atoms with van der Waals surface area (Å²) < 4.78 is 0. The van der Waals surface area contributed by atoms with Gasteiger partial charge in [0.25, 0.3) is 5.91 Å². The number of nitrogens with one attached hydrogen (secondary N) is 1. The molecule has 1 unspecified atom stereocenters. The number of aliphatic carboxylic acids is 1. The third kappa shape index (κ3) is 5.07. The van der Waals surface area contributed by atoms with E-state index in [1.807, 2.05) is 0 Å². The Balaban J connectivity index is 2.46. The van der Waals surface area contributed by atoms with Crippen LogP contribution >= 0.6 is 23.2 Å². The van der Waals surface area contributed by atoms with Gasteiger partial charge < -0.3 is 15.3 Å². The number of halogens is 2. The maximum atomic E-state index is 11.3.